The van der Waals surface area contributed by atoms with Crippen molar-refractivity contribution in [3.05, 3.63) is 0 Å². The second kappa shape index (κ2) is 13.3. The summed E-state index contributed by atoms with van der Waals surface area (Å²) in [5, 5.41) is 9.85. The molecule has 0 spiro atoms. The zero-order valence-corrected chi connectivity index (χ0v) is 23.7. The van der Waals surface area contributed by atoms with Crippen molar-refractivity contribution in [3.8, 4) is 0 Å². The van der Waals surface area contributed by atoms with Crippen LogP contribution in [-0.4, -0.2) is 35.8 Å². The van der Waals surface area contributed by atoms with Crippen LogP contribution in [0.25, 0.3) is 0 Å². The third-order valence-electron chi connectivity index (χ3n) is 9.87. The molecule has 0 radical (unpaired) electrons. The highest BCUT2D eigenvalue weighted by Crippen LogP contribution is 2.35. The molecule has 3 aliphatic rings. The molecule has 7 unspecified atom stereocenters. The molecule has 0 aliphatic heterocycles. The molecule has 3 fully saturated rings. The van der Waals surface area contributed by atoms with Gasteiger partial charge in [-0.1, -0.05) is 73.1 Å². The van der Waals surface area contributed by atoms with Gasteiger partial charge in [-0.05, 0) is 69.1 Å². The van der Waals surface area contributed by atoms with Crippen molar-refractivity contribution < 1.29 is 14.4 Å². The highest BCUT2D eigenvalue weighted by Gasteiger charge is 2.48. The smallest absolute Gasteiger partial charge is 0.235 e. The summed E-state index contributed by atoms with van der Waals surface area (Å²) in [6.07, 6.45) is 13.9. The van der Waals surface area contributed by atoms with Crippen molar-refractivity contribution in [2.75, 3.05) is 0 Å². The summed E-state index contributed by atoms with van der Waals surface area (Å²) < 4.78 is 0. The van der Waals surface area contributed by atoms with Crippen molar-refractivity contribution in [2.45, 2.75) is 143 Å². The molecule has 3 aliphatic carbocycles. The summed E-state index contributed by atoms with van der Waals surface area (Å²) in [6, 6.07) is 0.398. The lowest BCUT2D eigenvalue weighted by atomic mass is 9.73. The van der Waals surface area contributed by atoms with Crippen molar-refractivity contribution in [1.29, 1.82) is 0 Å². The highest BCUT2D eigenvalue weighted by molar-refractivity contribution is 6.05. The lowest BCUT2D eigenvalue weighted by molar-refractivity contribution is -0.147. The van der Waals surface area contributed by atoms with Crippen LogP contribution >= 0.6 is 0 Å². The zero-order chi connectivity index (χ0) is 26.3. The minimum atomic E-state index is -1.23. The van der Waals surface area contributed by atoms with Crippen LogP contribution in [-0.2, 0) is 14.4 Å². The van der Waals surface area contributed by atoms with Gasteiger partial charge in [0.25, 0.3) is 0 Å². The second-order valence-corrected chi connectivity index (χ2v) is 12.6. The van der Waals surface area contributed by atoms with E-state index >= 15 is 0 Å². The predicted octanol–water partition coefficient (Wildman–Crippen LogP) is 5.49. The van der Waals surface area contributed by atoms with Gasteiger partial charge < -0.3 is 16.0 Å². The van der Waals surface area contributed by atoms with Crippen LogP contribution in [0.2, 0.25) is 0 Å². The fourth-order valence-corrected chi connectivity index (χ4v) is 6.90. The summed E-state index contributed by atoms with van der Waals surface area (Å²) in [5.41, 5.74) is -1.23. The van der Waals surface area contributed by atoms with Gasteiger partial charge in [-0.25, -0.2) is 0 Å². The van der Waals surface area contributed by atoms with Gasteiger partial charge in [-0.15, -0.1) is 0 Å². The van der Waals surface area contributed by atoms with Crippen LogP contribution < -0.4 is 16.0 Å². The monoisotopic (exact) mass is 503 g/mol. The Bertz CT molecular complexity index is 718. The molecule has 0 bridgehead atoms. The molecule has 3 N–H and O–H groups in total. The van der Waals surface area contributed by atoms with E-state index in [2.05, 4.69) is 36.7 Å². The topological polar surface area (TPSA) is 87.3 Å². The molecule has 6 nitrogen and oxygen atoms in total. The minimum Gasteiger partial charge on any atom is -0.353 e. The molecule has 3 saturated carbocycles. The van der Waals surface area contributed by atoms with Gasteiger partial charge in [0.1, 0.15) is 5.41 Å². The first-order valence-electron chi connectivity index (χ1n) is 15.1. The van der Waals surface area contributed by atoms with Crippen LogP contribution in [0.3, 0.4) is 0 Å². The van der Waals surface area contributed by atoms with Crippen molar-refractivity contribution in [2.24, 2.45) is 29.1 Å². The summed E-state index contributed by atoms with van der Waals surface area (Å²) in [5.74, 6) is 0.482. The standard InChI is InChI=1S/C30H53N3O3/c1-6-30(28(35)32-25-17-11-8-14-21(25)3,29(36)33-26-18-12-9-15-22(26)4)19-23(5)27(34)31-24-16-10-7-13-20(24)2/h20-26H,6-19H2,1-5H3,(H,31,34)(H,32,35)(H,33,36). The van der Waals surface area contributed by atoms with E-state index in [1.165, 1.54) is 19.3 Å². The van der Waals surface area contributed by atoms with E-state index in [0.717, 1.165) is 57.8 Å². The average Bonchev–Trinajstić information content (AvgIpc) is 2.86. The van der Waals surface area contributed by atoms with Gasteiger partial charge in [-0.3, -0.25) is 14.4 Å². The Kier molecular flexibility index (Phi) is 10.7. The molecule has 206 valence electrons. The largest absolute Gasteiger partial charge is 0.353 e. The Morgan fingerprint density at radius 1 is 0.667 bits per heavy atom. The molecule has 3 amide bonds. The first kappa shape index (κ1) is 29.0. The van der Waals surface area contributed by atoms with E-state index in [-0.39, 0.29) is 42.3 Å². The Balaban J connectivity index is 1.78. The molecule has 7 atom stereocenters. The fourth-order valence-electron chi connectivity index (χ4n) is 6.90. The first-order valence-corrected chi connectivity index (χ1v) is 15.1. The van der Waals surface area contributed by atoms with E-state index in [1.807, 2.05) is 13.8 Å². The van der Waals surface area contributed by atoms with Gasteiger partial charge in [0.05, 0.1) is 0 Å². The van der Waals surface area contributed by atoms with Crippen molar-refractivity contribution >= 4 is 17.7 Å². The molecule has 0 heterocycles. The lowest BCUT2D eigenvalue weighted by Gasteiger charge is -2.39. The maximum Gasteiger partial charge on any atom is 0.235 e. The Hall–Kier alpha value is -1.59. The second-order valence-electron chi connectivity index (χ2n) is 12.6. The molecule has 0 aromatic rings. The number of hydrogen-bond donors (Lipinski definition) is 3. The SMILES string of the molecule is CCC(CC(C)C(=O)NC1CCCCC1C)(C(=O)NC1CCCCC1C)C(=O)NC1CCCCC1C. The van der Waals surface area contributed by atoms with Gasteiger partial charge >= 0.3 is 0 Å². The van der Waals surface area contributed by atoms with Gasteiger partial charge in [0, 0.05) is 24.0 Å². The molecule has 3 rings (SSSR count). The van der Waals surface area contributed by atoms with E-state index in [1.54, 1.807) is 0 Å². The quantitative estimate of drug-likeness (QED) is 0.363. The Morgan fingerprint density at radius 2 is 1.03 bits per heavy atom. The maximum absolute atomic E-state index is 14.0. The minimum absolute atomic E-state index is 0.0238. The molecule has 36 heavy (non-hydrogen) atoms. The molecule has 0 aromatic carbocycles. The third kappa shape index (κ3) is 7.04. The van der Waals surface area contributed by atoms with Crippen LogP contribution in [0.1, 0.15) is 125 Å². The highest BCUT2D eigenvalue weighted by atomic mass is 16.2. The Morgan fingerprint density at radius 3 is 1.39 bits per heavy atom. The van der Waals surface area contributed by atoms with Crippen LogP contribution in [0.5, 0.6) is 0 Å². The maximum atomic E-state index is 14.0. The average molecular weight is 504 g/mol. The molecular weight excluding hydrogens is 450 g/mol. The number of carbonyl (C=O) groups excluding carboxylic acids is 3. The fraction of sp³-hybridized carbons (Fsp3) is 0.900. The summed E-state index contributed by atoms with van der Waals surface area (Å²) in [6.45, 7) is 10.4. The molecule has 6 heteroatoms. The number of nitrogens with one attached hydrogen (secondary N) is 3. The van der Waals surface area contributed by atoms with Crippen molar-refractivity contribution in [3.63, 3.8) is 0 Å². The predicted molar refractivity (Wildman–Crippen MR) is 145 cm³/mol. The lowest BCUT2D eigenvalue weighted by Crippen LogP contribution is -2.58. The summed E-state index contributed by atoms with van der Waals surface area (Å²) >= 11 is 0. The van der Waals surface area contributed by atoms with E-state index < -0.39 is 11.3 Å². The van der Waals surface area contributed by atoms with Gasteiger partial charge in [-0.2, -0.15) is 0 Å². The number of hydrogen-bond acceptors (Lipinski definition) is 3. The van der Waals surface area contributed by atoms with E-state index in [4.69, 9.17) is 0 Å². The van der Waals surface area contributed by atoms with Gasteiger partial charge in [0.2, 0.25) is 17.7 Å². The van der Waals surface area contributed by atoms with Gasteiger partial charge in [0.15, 0.2) is 0 Å². The normalized spacial score (nSPS) is 33.6. The van der Waals surface area contributed by atoms with Crippen LogP contribution in [0.4, 0.5) is 0 Å². The van der Waals surface area contributed by atoms with E-state index in [9.17, 15) is 14.4 Å². The number of carbonyl (C=O) groups is 3. The summed E-state index contributed by atoms with van der Waals surface area (Å²) in [4.78, 5) is 41.2. The summed E-state index contributed by atoms with van der Waals surface area (Å²) in [7, 11) is 0. The first-order chi connectivity index (χ1) is 17.2. The van der Waals surface area contributed by atoms with Crippen LogP contribution in [0, 0.1) is 29.1 Å². The molecule has 0 aromatic heterocycles. The van der Waals surface area contributed by atoms with E-state index in [0.29, 0.717) is 24.2 Å². The van der Waals surface area contributed by atoms with Crippen LogP contribution in [0.15, 0.2) is 0 Å². The van der Waals surface area contributed by atoms with Crippen molar-refractivity contribution in [1.82, 2.24) is 16.0 Å². The number of amides is 3. The zero-order valence-electron chi connectivity index (χ0n) is 23.7. The third-order valence-corrected chi connectivity index (χ3v) is 9.87. The molecular formula is C30H53N3O3. The number of rotatable bonds is 9. The Labute approximate surface area is 219 Å². The molecule has 0 saturated heterocycles.